The normalized spacial score (nSPS) is 11.7. The van der Waals surface area contributed by atoms with Gasteiger partial charge in [0.15, 0.2) is 0 Å². The molecule has 0 spiro atoms. The standard InChI is InChI=1S/C46H92N2O5S/c1-6-10-20-29-44(30-21-11-7-2)34-40-53-46(50)32-23-17-15-19-25-37-48(38-26-35-47-54-42-41-51-5)36-24-18-14-16-22-31-45(49)52-39-33-43(27-12-8-3)28-13-9-4/h43-44,47H,6-42H2,1-5H3. The van der Waals surface area contributed by atoms with Gasteiger partial charge < -0.3 is 19.1 Å². The predicted octanol–water partition coefficient (Wildman–Crippen LogP) is 12.9. The van der Waals surface area contributed by atoms with Crippen LogP contribution in [0, 0.1) is 11.8 Å². The molecule has 1 N–H and O–H groups in total. The average molecular weight is 785 g/mol. The molecular weight excluding hydrogens is 693 g/mol. The molecule has 0 saturated heterocycles. The van der Waals surface area contributed by atoms with Gasteiger partial charge in [-0.25, -0.2) is 0 Å². The molecule has 0 aromatic rings. The van der Waals surface area contributed by atoms with E-state index in [0.29, 0.717) is 37.9 Å². The largest absolute Gasteiger partial charge is 0.466 e. The SMILES string of the molecule is CCCCCC(CCCCC)CCOC(=O)CCCCCCCN(CCCCCCCC(=O)OCCC(CCCC)CCCC)CCCNSCCOC. The second-order valence-electron chi connectivity index (χ2n) is 16.0. The van der Waals surface area contributed by atoms with Gasteiger partial charge in [0.2, 0.25) is 0 Å². The third kappa shape index (κ3) is 38.1. The van der Waals surface area contributed by atoms with Gasteiger partial charge in [0, 0.05) is 32.2 Å². The van der Waals surface area contributed by atoms with Gasteiger partial charge in [-0.3, -0.25) is 14.3 Å². The number of nitrogens with zero attached hydrogens (tertiary/aromatic N) is 1. The summed E-state index contributed by atoms with van der Waals surface area (Å²) in [7, 11) is 1.75. The lowest BCUT2D eigenvalue weighted by atomic mass is 9.92. The third-order valence-electron chi connectivity index (χ3n) is 10.9. The zero-order chi connectivity index (χ0) is 39.6. The summed E-state index contributed by atoms with van der Waals surface area (Å²) in [6, 6.07) is 0. The molecule has 0 saturated carbocycles. The smallest absolute Gasteiger partial charge is 0.305 e. The maximum Gasteiger partial charge on any atom is 0.305 e. The number of carbonyl (C=O) groups is 2. The fourth-order valence-corrected chi connectivity index (χ4v) is 7.97. The lowest BCUT2D eigenvalue weighted by molar-refractivity contribution is -0.145. The molecule has 322 valence electrons. The number of nitrogens with one attached hydrogen (secondary N) is 1. The highest BCUT2D eigenvalue weighted by atomic mass is 32.2. The number of esters is 2. The number of hydrogen-bond donors (Lipinski definition) is 1. The first-order valence-electron chi connectivity index (χ1n) is 23.4. The van der Waals surface area contributed by atoms with Crippen LogP contribution in [0.3, 0.4) is 0 Å². The maximum atomic E-state index is 12.4. The summed E-state index contributed by atoms with van der Waals surface area (Å²) in [6.45, 7) is 15.5. The fourth-order valence-electron chi connectivity index (χ4n) is 7.29. The molecule has 0 rings (SSSR count). The van der Waals surface area contributed by atoms with Crippen molar-refractivity contribution in [3.8, 4) is 0 Å². The van der Waals surface area contributed by atoms with Crippen molar-refractivity contribution in [3.05, 3.63) is 0 Å². The molecule has 0 aromatic carbocycles. The lowest BCUT2D eigenvalue weighted by Gasteiger charge is -2.22. The summed E-state index contributed by atoms with van der Waals surface area (Å²) < 4.78 is 19.9. The van der Waals surface area contributed by atoms with Crippen LogP contribution in [0.1, 0.15) is 214 Å². The van der Waals surface area contributed by atoms with Crippen molar-refractivity contribution >= 4 is 23.9 Å². The van der Waals surface area contributed by atoms with E-state index in [1.807, 2.05) is 0 Å². The van der Waals surface area contributed by atoms with Crippen molar-refractivity contribution in [2.45, 2.75) is 214 Å². The molecule has 8 heteroatoms. The highest BCUT2D eigenvalue weighted by Crippen LogP contribution is 2.22. The van der Waals surface area contributed by atoms with Crippen LogP contribution in [0.5, 0.6) is 0 Å². The van der Waals surface area contributed by atoms with E-state index < -0.39 is 0 Å². The zero-order valence-electron chi connectivity index (χ0n) is 36.7. The highest BCUT2D eigenvalue weighted by molar-refractivity contribution is 7.97. The molecule has 0 aliphatic carbocycles. The number of hydrogen-bond acceptors (Lipinski definition) is 8. The molecule has 0 aliphatic rings. The quantitative estimate of drug-likeness (QED) is 0.0372. The molecular formula is C46H92N2O5S. The van der Waals surface area contributed by atoms with Gasteiger partial charge in [-0.05, 0) is 76.4 Å². The Labute approximate surface area is 340 Å². The first kappa shape index (κ1) is 53.2. The molecule has 0 aromatic heterocycles. The number of methoxy groups -OCH3 is 1. The lowest BCUT2D eigenvalue weighted by Crippen LogP contribution is -2.29. The molecule has 0 heterocycles. The number of carbonyl (C=O) groups excluding carboxylic acids is 2. The first-order valence-corrected chi connectivity index (χ1v) is 24.4. The maximum absolute atomic E-state index is 12.4. The van der Waals surface area contributed by atoms with Gasteiger partial charge in [-0.15, -0.1) is 0 Å². The predicted molar refractivity (Wildman–Crippen MR) is 234 cm³/mol. The summed E-state index contributed by atoms with van der Waals surface area (Å²) >= 11 is 1.75. The van der Waals surface area contributed by atoms with Crippen LogP contribution >= 0.6 is 11.9 Å². The Bertz CT molecular complexity index is 770. The summed E-state index contributed by atoms with van der Waals surface area (Å²) in [5, 5.41) is 0. The van der Waals surface area contributed by atoms with Gasteiger partial charge >= 0.3 is 11.9 Å². The van der Waals surface area contributed by atoms with Crippen LogP contribution in [0.2, 0.25) is 0 Å². The Hall–Kier alpha value is -0.830. The number of ether oxygens (including phenoxy) is 3. The molecule has 0 radical (unpaired) electrons. The molecule has 0 unspecified atom stereocenters. The summed E-state index contributed by atoms with van der Waals surface area (Å²) in [5.74, 6) is 2.40. The van der Waals surface area contributed by atoms with Crippen LogP contribution in [-0.4, -0.2) is 75.7 Å². The topological polar surface area (TPSA) is 77.1 Å². The molecule has 0 fully saturated rings. The molecule has 7 nitrogen and oxygen atoms in total. The van der Waals surface area contributed by atoms with Crippen LogP contribution in [0.15, 0.2) is 0 Å². The monoisotopic (exact) mass is 785 g/mol. The Balaban J connectivity index is 4.24. The van der Waals surface area contributed by atoms with Gasteiger partial charge in [-0.1, -0.05) is 168 Å². The molecule has 54 heavy (non-hydrogen) atoms. The molecule has 0 atom stereocenters. The first-order chi connectivity index (χ1) is 26.5. The minimum atomic E-state index is -0.00507. The van der Waals surface area contributed by atoms with Crippen molar-refractivity contribution in [1.82, 2.24) is 9.62 Å². The van der Waals surface area contributed by atoms with Crippen LogP contribution in [0.4, 0.5) is 0 Å². The van der Waals surface area contributed by atoms with Crippen molar-refractivity contribution in [2.75, 3.05) is 58.9 Å². The Morgan fingerprint density at radius 3 is 1.39 bits per heavy atom. The van der Waals surface area contributed by atoms with E-state index in [1.165, 1.54) is 128 Å². The zero-order valence-corrected chi connectivity index (χ0v) is 37.5. The van der Waals surface area contributed by atoms with E-state index in [4.69, 9.17) is 14.2 Å². The van der Waals surface area contributed by atoms with Crippen LogP contribution in [0.25, 0.3) is 0 Å². The van der Waals surface area contributed by atoms with Crippen LogP contribution < -0.4 is 4.72 Å². The Kier molecular flexibility index (Phi) is 42.6. The molecule has 0 aliphatic heterocycles. The van der Waals surface area contributed by atoms with Gasteiger partial charge in [-0.2, -0.15) is 0 Å². The van der Waals surface area contributed by atoms with E-state index in [1.54, 1.807) is 19.1 Å². The van der Waals surface area contributed by atoms with E-state index in [2.05, 4.69) is 37.3 Å². The summed E-state index contributed by atoms with van der Waals surface area (Å²) in [5.41, 5.74) is 0. The Morgan fingerprint density at radius 2 is 0.926 bits per heavy atom. The average Bonchev–Trinajstić information content (AvgIpc) is 3.17. The van der Waals surface area contributed by atoms with E-state index in [-0.39, 0.29) is 11.9 Å². The van der Waals surface area contributed by atoms with Crippen LogP contribution in [-0.2, 0) is 23.8 Å². The van der Waals surface area contributed by atoms with E-state index >= 15 is 0 Å². The van der Waals surface area contributed by atoms with Gasteiger partial charge in [0.25, 0.3) is 0 Å². The summed E-state index contributed by atoms with van der Waals surface area (Å²) in [6.07, 6.45) is 33.7. The second-order valence-corrected chi connectivity index (χ2v) is 17.0. The minimum absolute atomic E-state index is 0.00000919. The van der Waals surface area contributed by atoms with Crippen molar-refractivity contribution in [2.24, 2.45) is 11.8 Å². The third-order valence-corrected chi connectivity index (χ3v) is 11.7. The van der Waals surface area contributed by atoms with E-state index in [9.17, 15) is 9.59 Å². The molecule has 0 bridgehead atoms. The Morgan fingerprint density at radius 1 is 0.500 bits per heavy atom. The van der Waals surface area contributed by atoms with Gasteiger partial charge in [0.1, 0.15) is 0 Å². The highest BCUT2D eigenvalue weighted by Gasteiger charge is 2.12. The van der Waals surface area contributed by atoms with Crippen molar-refractivity contribution in [1.29, 1.82) is 0 Å². The fraction of sp³-hybridized carbons (Fsp3) is 0.957. The second kappa shape index (κ2) is 43.3. The number of unbranched alkanes of at least 4 members (excludes halogenated alkanes) is 14. The number of rotatable bonds is 44. The van der Waals surface area contributed by atoms with Crippen molar-refractivity contribution < 1.29 is 23.8 Å². The summed E-state index contributed by atoms with van der Waals surface area (Å²) in [4.78, 5) is 27.3. The minimum Gasteiger partial charge on any atom is -0.466 e. The van der Waals surface area contributed by atoms with E-state index in [0.717, 1.165) is 83.5 Å². The van der Waals surface area contributed by atoms with Crippen molar-refractivity contribution in [3.63, 3.8) is 0 Å². The molecule has 0 amide bonds. The van der Waals surface area contributed by atoms with Gasteiger partial charge in [0.05, 0.1) is 19.8 Å².